The number of thioether (sulfide) groups is 1. The predicted octanol–water partition coefficient (Wildman–Crippen LogP) is 4.28. The van der Waals surface area contributed by atoms with E-state index in [1.165, 1.54) is 19.3 Å². The van der Waals surface area contributed by atoms with E-state index in [4.69, 9.17) is 13.9 Å². The molecule has 0 saturated carbocycles. The molecular formula is C21H18O5S. The first-order valence-corrected chi connectivity index (χ1v) is 9.41. The van der Waals surface area contributed by atoms with Crippen LogP contribution in [0.4, 0.5) is 0 Å². The van der Waals surface area contributed by atoms with Crippen molar-refractivity contribution >= 4 is 34.8 Å². The summed E-state index contributed by atoms with van der Waals surface area (Å²) in [5.74, 6) is 0.0917. The Morgan fingerprint density at radius 2 is 1.93 bits per heavy atom. The summed E-state index contributed by atoms with van der Waals surface area (Å²) < 4.78 is 15.6. The highest BCUT2D eigenvalue weighted by Gasteiger charge is 2.09. The number of benzene rings is 2. The number of rotatable bonds is 6. The van der Waals surface area contributed by atoms with Crippen molar-refractivity contribution in [1.82, 2.24) is 0 Å². The molecule has 1 heterocycles. The van der Waals surface area contributed by atoms with Gasteiger partial charge in [-0.3, -0.25) is 0 Å². The molecule has 0 aliphatic carbocycles. The molecule has 0 aliphatic heterocycles. The van der Waals surface area contributed by atoms with E-state index in [2.05, 4.69) is 0 Å². The van der Waals surface area contributed by atoms with E-state index in [0.29, 0.717) is 22.3 Å². The van der Waals surface area contributed by atoms with Crippen LogP contribution in [0.2, 0.25) is 0 Å². The van der Waals surface area contributed by atoms with Crippen LogP contribution < -0.4 is 10.4 Å². The second-order valence-electron chi connectivity index (χ2n) is 5.67. The maximum atomic E-state index is 12.0. The Bertz CT molecular complexity index is 1030. The highest BCUT2D eigenvalue weighted by Crippen LogP contribution is 2.23. The Morgan fingerprint density at radius 1 is 1.15 bits per heavy atom. The largest absolute Gasteiger partial charge is 0.497 e. The summed E-state index contributed by atoms with van der Waals surface area (Å²) in [5.41, 5.74) is 1.36. The molecule has 0 fully saturated rings. The van der Waals surface area contributed by atoms with Crippen LogP contribution in [-0.2, 0) is 16.1 Å². The van der Waals surface area contributed by atoms with Gasteiger partial charge in [0, 0.05) is 34.1 Å². The Morgan fingerprint density at radius 3 is 2.63 bits per heavy atom. The zero-order valence-corrected chi connectivity index (χ0v) is 15.7. The summed E-state index contributed by atoms with van der Waals surface area (Å²) in [7, 11) is 1.53. The van der Waals surface area contributed by atoms with E-state index < -0.39 is 11.6 Å². The Kier molecular flexibility index (Phi) is 5.98. The third kappa shape index (κ3) is 4.80. The van der Waals surface area contributed by atoms with Gasteiger partial charge in [0.25, 0.3) is 0 Å². The monoisotopic (exact) mass is 382 g/mol. The zero-order chi connectivity index (χ0) is 19.2. The average Bonchev–Trinajstić information content (AvgIpc) is 2.70. The second kappa shape index (κ2) is 8.60. The number of fused-ring (bicyclic) bond motifs is 1. The van der Waals surface area contributed by atoms with E-state index in [1.54, 1.807) is 36.0 Å². The molecule has 0 unspecified atom stereocenters. The van der Waals surface area contributed by atoms with Crippen molar-refractivity contribution in [2.45, 2.75) is 11.5 Å². The van der Waals surface area contributed by atoms with Crippen LogP contribution in [0.15, 0.2) is 68.7 Å². The van der Waals surface area contributed by atoms with E-state index in [0.717, 1.165) is 10.5 Å². The van der Waals surface area contributed by atoms with Gasteiger partial charge < -0.3 is 13.9 Å². The normalized spacial score (nSPS) is 11.0. The van der Waals surface area contributed by atoms with Gasteiger partial charge in [-0.05, 0) is 42.2 Å². The molecule has 0 saturated heterocycles. The first kappa shape index (κ1) is 18.8. The van der Waals surface area contributed by atoms with E-state index in [-0.39, 0.29) is 6.61 Å². The Hall–Kier alpha value is -2.99. The number of hydrogen-bond donors (Lipinski definition) is 0. The molecule has 0 aliphatic rings. The number of carbonyl (C=O) groups excluding carboxylic acids is 1. The summed E-state index contributed by atoms with van der Waals surface area (Å²) in [6, 6.07) is 14.3. The molecule has 0 N–H and O–H groups in total. The molecule has 0 radical (unpaired) electrons. The van der Waals surface area contributed by atoms with Gasteiger partial charge in [-0.1, -0.05) is 12.1 Å². The van der Waals surface area contributed by atoms with Crippen molar-refractivity contribution in [1.29, 1.82) is 0 Å². The van der Waals surface area contributed by atoms with Gasteiger partial charge in [0.1, 0.15) is 17.9 Å². The molecule has 0 atom stereocenters. The van der Waals surface area contributed by atoms with E-state index >= 15 is 0 Å². The summed E-state index contributed by atoms with van der Waals surface area (Å²) in [5, 5.41) is 0.694. The lowest BCUT2D eigenvalue weighted by molar-refractivity contribution is -0.138. The molecule has 27 heavy (non-hydrogen) atoms. The van der Waals surface area contributed by atoms with Crippen LogP contribution in [0.5, 0.6) is 5.75 Å². The van der Waals surface area contributed by atoms with Crippen LogP contribution in [0, 0.1) is 0 Å². The predicted molar refractivity (Wildman–Crippen MR) is 106 cm³/mol. The van der Waals surface area contributed by atoms with Crippen LogP contribution in [0.1, 0.15) is 11.1 Å². The molecule has 5 nitrogen and oxygen atoms in total. The molecule has 0 spiro atoms. The maximum Gasteiger partial charge on any atom is 0.336 e. The van der Waals surface area contributed by atoms with Gasteiger partial charge in [0.15, 0.2) is 0 Å². The number of hydrogen-bond acceptors (Lipinski definition) is 6. The first-order valence-electron chi connectivity index (χ1n) is 8.19. The quantitative estimate of drug-likeness (QED) is 0.274. The fourth-order valence-corrected chi connectivity index (χ4v) is 2.94. The minimum atomic E-state index is -0.508. The molecule has 2 aromatic carbocycles. The highest BCUT2D eigenvalue weighted by atomic mass is 32.2. The number of esters is 1. The molecule has 3 rings (SSSR count). The SMILES string of the molecule is COc1ccc2c(COC(=O)C=Cc3ccc(SC)cc3)cc(=O)oc2c1. The maximum absolute atomic E-state index is 12.0. The standard InChI is InChI=1S/C21H18O5S/c1-24-16-6-9-18-15(11-21(23)26-19(18)12-16)13-25-20(22)10-5-14-3-7-17(27-2)8-4-14/h3-12H,13H2,1-2H3. The van der Waals surface area contributed by atoms with Gasteiger partial charge in [0.2, 0.25) is 0 Å². The minimum absolute atomic E-state index is 0.0248. The summed E-state index contributed by atoms with van der Waals surface area (Å²) in [6.07, 6.45) is 5.06. The fourth-order valence-electron chi connectivity index (χ4n) is 2.53. The molecule has 0 amide bonds. The Balaban J connectivity index is 1.71. The highest BCUT2D eigenvalue weighted by molar-refractivity contribution is 7.98. The first-order chi connectivity index (χ1) is 13.1. The minimum Gasteiger partial charge on any atom is -0.497 e. The van der Waals surface area contributed by atoms with Crippen LogP contribution in [0.3, 0.4) is 0 Å². The summed E-state index contributed by atoms with van der Waals surface area (Å²) in [6.45, 7) is -0.0248. The fraction of sp³-hybridized carbons (Fsp3) is 0.143. The van der Waals surface area contributed by atoms with Crippen molar-refractivity contribution in [2.24, 2.45) is 0 Å². The smallest absolute Gasteiger partial charge is 0.336 e. The topological polar surface area (TPSA) is 65.7 Å². The molecule has 1 aromatic heterocycles. The zero-order valence-electron chi connectivity index (χ0n) is 14.9. The van der Waals surface area contributed by atoms with Gasteiger partial charge in [-0.25, -0.2) is 9.59 Å². The number of ether oxygens (including phenoxy) is 2. The number of carbonyl (C=O) groups is 1. The summed E-state index contributed by atoms with van der Waals surface area (Å²) >= 11 is 1.66. The van der Waals surface area contributed by atoms with Crippen molar-refractivity contribution in [3.63, 3.8) is 0 Å². The second-order valence-corrected chi connectivity index (χ2v) is 6.55. The van der Waals surface area contributed by atoms with Crippen molar-refractivity contribution in [2.75, 3.05) is 13.4 Å². The average molecular weight is 382 g/mol. The van der Waals surface area contributed by atoms with Crippen LogP contribution in [-0.4, -0.2) is 19.3 Å². The third-order valence-corrected chi connectivity index (χ3v) is 4.68. The Labute approximate surface area is 160 Å². The van der Waals surface area contributed by atoms with Crippen LogP contribution >= 0.6 is 11.8 Å². The molecule has 6 heteroatoms. The molecule has 138 valence electrons. The lowest BCUT2D eigenvalue weighted by Crippen LogP contribution is -2.05. The van der Waals surface area contributed by atoms with Crippen LogP contribution in [0.25, 0.3) is 17.0 Å². The van der Waals surface area contributed by atoms with E-state index in [1.807, 2.05) is 30.5 Å². The van der Waals surface area contributed by atoms with Crippen molar-refractivity contribution in [3.8, 4) is 5.75 Å². The lowest BCUT2D eigenvalue weighted by atomic mass is 10.1. The molecular weight excluding hydrogens is 364 g/mol. The lowest BCUT2D eigenvalue weighted by Gasteiger charge is -2.07. The third-order valence-electron chi connectivity index (χ3n) is 3.93. The summed E-state index contributed by atoms with van der Waals surface area (Å²) in [4.78, 5) is 24.9. The van der Waals surface area contributed by atoms with Gasteiger partial charge in [-0.2, -0.15) is 0 Å². The number of methoxy groups -OCH3 is 1. The van der Waals surface area contributed by atoms with Crippen molar-refractivity contribution in [3.05, 3.63) is 76.2 Å². The van der Waals surface area contributed by atoms with Gasteiger partial charge in [0.05, 0.1) is 7.11 Å². The molecule has 3 aromatic rings. The van der Waals surface area contributed by atoms with Gasteiger partial charge in [-0.15, -0.1) is 11.8 Å². The molecule has 0 bridgehead atoms. The van der Waals surface area contributed by atoms with Gasteiger partial charge >= 0.3 is 11.6 Å². The van der Waals surface area contributed by atoms with E-state index in [9.17, 15) is 9.59 Å². The van der Waals surface area contributed by atoms with Crippen molar-refractivity contribution < 1.29 is 18.7 Å².